The second-order valence-electron chi connectivity index (χ2n) is 5.60. The summed E-state index contributed by atoms with van der Waals surface area (Å²) in [5.41, 5.74) is 4.50. The number of hydrogen-bond acceptors (Lipinski definition) is 3. The van der Waals surface area contributed by atoms with Gasteiger partial charge in [-0.15, -0.1) is 0 Å². The maximum Gasteiger partial charge on any atom is 0.165 e. The zero-order valence-electron chi connectivity index (χ0n) is 12.9. The Morgan fingerprint density at radius 1 is 1.00 bits per heavy atom. The quantitative estimate of drug-likeness (QED) is 0.866. The molecule has 22 heavy (non-hydrogen) atoms. The molecule has 0 saturated heterocycles. The van der Waals surface area contributed by atoms with E-state index in [-0.39, 0.29) is 0 Å². The van der Waals surface area contributed by atoms with Gasteiger partial charge in [-0.3, -0.25) is 4.21 Å². The van der Waals surface area contributed by atoms with E-state index in [0.717, 1.165) is 22.6 Å². The molecule has 116 valence electrons. The number of fused-ring (bicyclic) bond motifs is 1. The van der Waals surface area contributed by atoms with E-state index in [0.29, 0.717) is 24.7 Å². The van der Waals surface area contributed by atoms with Gasteiger partial charge < -0.3 is 9.47 Å². The third kappa shape index (κ3) is 3.33. The van der Waals surface area contributed by atoms with Crippen LogP contribution >= 0.6 is 0 Å². The van der Waals surface area contributed by atoms with Gasteiger partial charge in [-0.1, -0.05) is 35.9 Å². The lowest BCUT2D eigenvalue weighted by Crippen LogP contribution is -2.17. The summed E-state index contributed by atoms with van der Waals surface area (Å²) in [6.45, 7) is 5.24. The Morgan fingerprint density at radius 3 is 2.64 bits per heavy atom. The first-order chi connectivity index (χ1) is 10.6. The molecule has 0 radical (unpaired) electrons. The number of aryl methyl sites for hydroxylation is 2. The second-order valence-corrected chi connectivity index (χ2v) is 7.06. The third-order valence-corrected chi connectivity index (χ3v) is 5.05. The second kappa shape index (κ2) is 6.53. The first-order valence-corrected chi connectivity index (χ1v) is 8.91. The topological polar surface area (TPSA) is 35.5 Å². The van der Waals surface area contributed by atoms with Crippen molar-refractivity contribution in [2.24, 2.45) is 0 Å². The fourth-order valence-electron chi connectivity index (χ4n) is 2.60. The van der Waals surface area contributed by atoms with Crippen LogP contribution in [0.5, 0.6) is 11.5 Å². The number of hydrogen-bond donors (Lipinski definition) is 0. The summed E-state index contributed by atoms with van der Waals surface area (Å²) in [4.78, 5) is 0. The fourth-order valence-corrected chi connectivity index (χ4v) is 3.94. The van der Waals surface area contributed by atoms with Crippen molar-refractivity contribution < 1.29 is 13.7 Å². The van der Waals surface area contributed by atoms with Crippen molar-refractivity contribution in [3.05, 3.63) is 58.7 Å². The van der Waals surface area contributed by atoms with Crippen molar-refractivity contribution in [2.45, 2.75) is 25.4 Å². The molecule has 2 aromatic rings. The van der Waals surface area contributed by atoms with Crippen LogP contribution < -0.4 is 9.47 Å². The molecule has 1 aliphatic rings. The molecule has 3 nitrogen and oxygen atoms in total. The highest BCUT2D eigenvalue weighted by atomic mass is 32.2. The first kappa shape index (κ1) is 15.1. The molecule has 1 heterocycles. The van der Waals surface area contributed by atoms with E-state index in [1.165, 1.54) is 11.1 Å². The van der Waals surface area contributed by atoms with Gasteiger partial charge in [-0.25, -0.2) is 0 Å². The first-order valence-electron chi connectivity index (χ1n) is 7.42. The molecular formula is C18H20O3S. The fraction of sp³-hybridized carbons (Fsp3) is 0.333. The standard InChI is InChI=1S/C18H20O3S/c1-13-6-7-14(2)16(10-13)12-22(19)11-15-4-3-5-17-18(15)21-9-8-20-17/h3-7,10H,8-9,11-12H2,1-2H3. The van der Waals surface area contributed by atoms with E-state index < -0.39 is 10.8 Å². The monoisotopic (exact) mass is 316 g/mol. The molecule has 0 N–H and O–H groups in total. The maximum atomic E-state index is 12.5. The van der Waals surface area contributed by atoms with Gasteiger partial charge in [0, 0.05) is 22.1 Å². The van der Waals surface area contributed by atoms with E-state index in [9.17, 15) is 4.21 Å². The van der Waals surface area contributed by atoms with Crippen LogP contribution in [0.15, 0.2) is 36.4 Å². The molecule has 0 saturated carbocycles. The van der Waals surface area contributed by atoms with Crippen molar-refractivity contribution in [1.29, 1.82) is 0 Å². The van der Waals surface area contributed by atoms with E-state index in [2.05, 4.69) is 32.0 Å². The Bertz CT molecular complexity index is 709. The third-order valence-electron chi connectivity index (χ3n) is 3.79. The van der Waals surface area contributed by atoms with Crippen molar-refractivity contribution in [1.82, 2.24) is 0 Å². The van der Waals surface area contributed by atoms with E-state index >= 15 is 0 Å². The van der Waals surface area contributed by atoms with Gasteiger partial charge in [0.25, 0.3) is 0 Å². The number of ether oxygens (including phenoxy) is 2. The lowest BCUT2D eigenvalue weighted by molar-refractivity contribution is 0.170. The van der Waals surface area contributed by atoms with Gasteiger partial charge in [-0.05, 0) is 31.0 Å². The van der Waals surface area contributed by atoms with E-state index in [4.69, 9.17) is 9.47 Å². The van der Waals surface area contributed by atoms with Crippen LogP contribution in [-0.4, -0.2) is 17.4 Å². The molecule has 1 unspecified atom stereocenters. The minimum Gasteiger partial charge on any atom is -0.486 e. The highest BCUT2D eigenvalue weighted by Gasteiger charge is 2.17. The van der Waals surface area contributed by atoms with Crippen molar-refractivity contribution in [3.63, 3.8) is 0 Å². The Kier molecular flexibility index (Phi) is 4.48. The average molecular weight is 316 g/mol. The summed E-state index contributed by atoms with van der Waals surface area (Å²) in [6.07, 6.45) is 0. The van der Waals surface area contributed by atoms with Crippen LogP contribution in [0.2, 0.25) is 0 Å². The molecule has 0 aromatic heterocycles. The molecule has 4 heteroatoms. The van der Waals surface area contributed by atoms with Crippen LogP contribution in [0.4, 0.5) is 0 Å². The SMILES string of the molecule is Cc1ccc(C)c(CS(=O)Cc2cccc3c2OCCO3)c1. The van der Waals surface area contributed by atoms with Gasteiger partial charge in [0.05, 0.1) is 5.75 Å². The largest absolute Gasteiger partial charge is 0.486 e. The zero-order chi connectivity index (χ0) is 15.5. The lowest BCUT2D eigenvalue weighted by atomic mass is 10.1. The normalized spacial score (nSPS) is 14.6. The van der Waals surface area contributed by atoms with Crippen LogP contribution in [-0.2, 0) is 22.3 Å². The summed E-state index contributed by atoms with van der Waals surface area (Å²) in [5.74, 6) is 2.56. The van der Waals surface area contributed by atoms with Crippen LogP contribution in [0, 0.1) is 13.8 Å². The highest BCUT2D eigenvalue weighted by molar-refractivity contribution is 7.83. The highest BCUT2D eigenvalue weighted by Crippen LogP contribution is 2.34. The van der Waals surface area contributed by atoms with Gasteiger partial charge in [0.2, 0.25) is 0 Å². The molecular weight excluding hydrogens is 296 g/mol. The Hall–Kier alpha value is -1.81. The molecule has 0 fully saturated rings. The Labute approximate surface area is 133 Å². The molecule has 0 bridgehead atoms. The molecule has 0 amide bonds. The summed E-state index contributed by atoms with van der Waals surface area (Å²) < 4.78 is 23.8. The number of rotatable bonds is 4. The van der Waals surface area contributed by atoms with Gasteiger partial charge in [-0.2, -0.15) is 0 Å². The predicted molar refractivity (Wildman–Crippen MR) is 88.9 cm³/mol. The Balaban J connectivity index is 1.76. The molecule has 1 atom stereocenters. The van der Waals surface area contributed by atoms with Gasteiger partial charge >= 0.3 is 0 Å². The lowest BCUT2D eigenvalue weighted by Gasteiger charge is -2.20. The Morgan fingerprint density at radius 2 is 1.77 bits per heavy atom. The molecule has 1 aliphatic heterocycles. The molecule has 2 aromatic carbocycles. The molecule has 3 rings (SSSR count). The number of para-hydroxylation sites is 1. The molecule has 0 aliphatic carbocycles. The van der Waals surface area contributed by atoms with Crippen molar-refractivity contribution in [3.8, 4) is 11.5 Å². The minimum absolute atomic E-state index is 0.486. The van der Waals surface area contributed by atoms with E-state index in [1.54, 1.807) is 0 Å². The number of benzene rings is 2. The zero-order valence-corrected chi connectivity index (χ0v) is 13.7. The molecule has 0 spiro atoms. The summed E-state index contributed by atoms with van der Waals surface area (Å²) in [6, 6.07) is 12.1. The van der Waals surface area contributed by atoms with Crippen LogP contribution in [0.3, 0.4) is 0 Å². The van der Waals surface area contributed by atoms with Crippen LogP contribution in [0.1, 0.15) is 22.3 Å². The predicted octanol–water partition coefficient (Wildman–Crippen LogP) is 3.52. The van der Waals surface area contributed by atoms with Crippen molar-refractivity contribution >= 4 is 10.8 Å². The van der Waals surface area contributed by atoms with Gasteiger partial charge in [0.15, 0.2) is 11.5 Å². The summed E-state index contributed by atoms with van der Waals surface area (Å²) >= 11 is 0. The summed E-state index contributed by atoms with van der Waals surface area (Å²) in [5, 5.41) is 0. The summed E-state index contributed by atoms with van der Waals surface area (Å²) in [7, 11) is -0.974. The van der Waals surface area contributed by atoms with Gasteiger partial charge in [0.1, 0.15) is 13.2 Å². The van der Waals surface area contributed by atoms with E-state index in [1.807, 2.05) is 18.2 Å². The average Bonchev–Trinajstić information content (AvgIpc) is 2.51. The van der Waals surface area contributed by atoms with Crippen molar-refractivity contribution in [2.75, 3.05) is 13.2 Å². The smallest absolute Gasteiger partial charge is 0.165 e. The van der Waals surface area contributed by atoms with Crippen LogP contribution in [0.25, 0.3) is 0 Å². The maximum absolute atomic E-state index is 12.5. The minimum atomic E-state index is -0.974.